The molecular formula is C15H20F3NO3S. The van der Waals surface area contributed by atoms with Crippen LogP contribution in [0.4, 0.5) is 13.2 Å². The second kappa shape index (κ2) is 7.53. The number of rotatable bonds is 6. The molecular weight excluding hydrogens is 331 g/mol. The zero-order valence-electron chi connectivity index (χ0n) is 12.6. The molecule has 130 valence electrons. The molecule has 2 rings (SSSR count). The summed E-state index contributed by atoms with van der Waals surface area (Å²) in [5.74, 6) is 0.267. The highest BCUT2D eigenvalue weighted by atomic mass is 32.2. The lowest BCUT2D eigenvalue weighted by molar-refractivity contribution is -0.177. The fourth-order valence-electron chi connectivity index (χ4n) is 2.63. The van der Waals surface area contributed by atoms with Crippen LogP contribution in [0.1, 0.15) is 25.7 Å². The van der Waals surface area contributed by atoms with Crippen molar-refractivity contribution in [3.63, 3.8) is 0 Å². The van der Waals surface area contributed by atoms with Gasteiger partial charge in [-0.05, 0) is 31.4 Å². The molecule has 1 unspecified atom stereocenters. The van der Waals surface area contributed by atoms with Gasteiger partial charge in [-0.15, -0.1) is 0 Å². The number of hydrogen-bond acceptors (Lipinski definition) is 3. The van der Waals surface area contributed by atoms with Gasteiger partial charge in [0.05, 0.1) is 12.4 Å². The van der Waals surface area contributed by atoms with Crippen molar-refractivity contribution in [1.29, 1.82) is 0 Å². The lowest BCUT2D eigenvalue weighted by atomic mass is 10.1. The van der Waals surface area contributed by atoms with Gasteiger partial charge < -0.3 is 4.74 Å². The van der Waals surface area contributed by atoms with E-state index in [-0.39, 0.29) is 31.7 Å². The number of nitrogens with zero attached hydrogens (tertiary/aromatic N) is 1. The maximum Gasteiger partial charge on any atom is 0.405 e. The van der Waals surface area contributed by atoms with Crippen LogP contribution in [-0.2, 0) is 10.0 Å². The van der Waals surface area contributed by atoms with Crippen LogP contribution in [0.2, 0.25) is 0 Å². The molecule has 0 amide bonds. The summed E-state index contributed by atoms with van der Waals surface area (Å²) in [6, 6.07) is 6.97. The number of alkyl halides is 3. The number of hydrogen-bond donors (Lipinski definition) is 0. The van der Waals surface area contributed by atoms with Gasteiger partial charge in [0.25, 0.3) is 0 Å². The number of sulfonamides is 1. The van der Waals surface area contributed by atoms with Crippen molar-refractivity contribution in [2.45, 2.75) is 37.9 Å². The van der Waals surface area contributed by atoms with E-state index in [1.165, 1.54) is 0 Å². The standard InChI is InChI=1S/C15H20F3NO3S/c16-15(17,18)14-9-4-5-10-19(14)23(20,21)12-6-11-22-13-7-2-1-3-8-13/h1-3,7-8,14H,4-6,9-12H2. The highest BCUT2D eigenvalue weighted by Crippen LogP contribution is 2.33. The monoisotopic (exact) mass is 351 g/mol. The molecule has 1 aromatic carbocycles. The molecule has 1 fully saturated rings. The van der Waals surface area contributed by atoms with E-state index in [0.717, 1.165) is 0 Å². The van der Waals surface area contributed by atoms with Gasteiger partial charge in [0, 0.05) is 6.54 Å². The quantitative estimate of drug-likeness (QED) is 0.740. The Labute approximate surface area is 134 Å². The Morgan fingerprint density at radius 1 is 1.17 bits per heavy atom. The Bertz CT molecular complexity index is 590. The molecule has 0 saturated carbocycles. The van der Waals surface area contributed by atoms with E-state index in [4.69, 9.17) is 4.74 Å². The zero-order chi connectivity index (χ0) is 16.9. The molecule has 0 aromatic heterocycles. The van der Waals surface area contributed by atoms with Crippen LogP contribution < -0.4 is 4.74 Å². The summed E-state index contributed by atoms with van der Waals surface area (Å²) in [4.78, 5) is 0. The highest BCUT2D eigenvalue weighted by Gasteiger charge is 2.48. The van der Waals surface area contributed by atoms with Gasteiger partial charge in [0.1, 0.15) is 11.8 Å². The van der Waals surface area contributed by atoms with E-state index in [9.17, 15) is 21.6 Å². The molecule has 4 nitrogen and oxygen atoms in total. The van der Waals surface area contributed by atoms with Crippen molar-refractivity contribution < 1.29 is 26.3 Å². The summed E-state index contributed by atoms with van der Waals surface area (Å²) in [5.41, 5.74) is 0. The first kappa shape index (κ1) is 18.1. The summed E-state index contributed by atoms with van der Waals surface area (Å²) in [7, 11) is -3.94. The van der Waals surface area contributed by atoms with Crippen molar-refractivity contribution in [2.24, 2.45) is 0 Å². The summed E-state index contributed by atoms with van der Waals surface area (Å²) >= 11 is 0. The lowest BCUT2D eigenvalue weighted by Gasteiger charge is -2.35. The minimum atomic E-state index is -4.52. The Morgan fingerprint density at radius 3 is 2.52 bits per heavy atom. The van der Waals surface area contributed by atoms with Crippen LogP contribution in [0.5, 0.6) is 5.75 Å². The third-order valence-electron chi connectivity index (χ3n) is 3.75. The Balaban J connectivity index is 1.89. The Morgan fingerprint density at radius 2 is 1.87 bits per heavy atom. The van der Waals surface area contributed by atoms with Crippen molar-refractivity contribution >= 4 is 10.0 Å². The molecule has 0 N–H and O–H groups in total. The molecule has 0 radical (unpaired) electrons. The zero-order valence-corrected chi connectivity index (χ0v) is 13.4. The molecule has 0 bridgehead atoms. The molecule has 1 atom stereocenters. The largest absolute Gasteiger partial charge is 0.494 e. The normalized spacial score (nSPS) is 20.4. The summed E-state index contributed by atoms with van der Waals surface area (Å²) in [5, 5.41) is 0. The first-order valence-electron chi connectivity index (χ1n) is 7.55. The average Bonchev–Trinajstić information content (AvgIpc) is 2.52. The number of piperidine rings is 1. The van der Waals surface area contributed by atoms with Gasteiger partial charge in [-0.2, -0.15) is 17.5 Å². The molecule has 1 aliphatic heterocycles. The third kappa shape index (κ3) is 5.10. The molecule has 0 aliphatic carbocycles. The minimum absolute atomic E-state index is 0.0634. The molecule has 1 saturated heterocycles. The Hall–Kier alpha value is -1.28. The fraction of sp³-hybridized carbons (Fsp3) is 0.600. The van der Waals surface area contributed by atoms with Crippen LogP contribution in [0.3, 0.4) is 0 Å². The second-order valence-corrected chi connectivity index (χ2v) is 7.54. The topological polar surface area (TPSA) is 46.6 Å². The van der Waals surface area contributed by atoms with Crippen molar-refractivity contribution in [3.8, 4) is 5.75 Å². The van der Waals surface area contributed by atoms with Crippen molar-refractivity contribution in [1.82, 2.24) is 4.31 Å². The lowest BCUT2D eigenvalue weighted by Crippen LogP contribution is -2.51. The van der Waals surface area contributed by atoms with Gasteiger partial charge >= 0.3 is 6.18 Å². The first-order valence-corrected chi connectivity index (χ1v) is 9.16. The number of para-hydroxylation sites is 1. The fourth-order valence-corrected chi connectivity index (χ4v) is 4.37. The minimum Gasteiger partial charge on any atom is -0.494 e. The van der Waals surface area contributed by atoms with Crippen LogP contribution in [-0.4, -0.2) is 43.8 Å². The van der Waals surface area contributed by atoms with Crippen LogP contribution in [0.25, 0.3) is 0 Å². The second-order valence-electron chi connectivity index (χ2n) is 5.49. The van der Waals surface area contributed by atoms with E-state index < -0.39 is 22.2 Å². The molecule has 23 heavy (non-hydrogen) atoms. The highest BCUT2D eigenvalue weighted by molar-refractivity contribution is 7.89. The van der Waals surface area contributed by atoms with Gasteiger partial charge in [-0.3, -0.25) is 0 Å². The molecule has 1 aromatic rings. The predicted molar refractivity (Wildman–Crippen MR) is 80.7 cm³/mol. The number of halogens is 3. The van der Waals surface area contributed by atoms with Crippen LogP contribution in [0.15, 0.2) is 30.3 Å². The molecule has 1 heterocycles. The van der Waals surface area contributed by atoms with E-state index in [2.05, 4.69) is 0 Å². The maximum absolute atomic E-state index is 13.0. The van der Waals surface area contributed by atoms with E-state index in [0.29, 0.717) is 22.9 Å². The van der Waals surface area contributed by atoms with Crippen molar-refractivity contribution in [3.05, 3.63) is 30.3 Å². The molecule has 0 spiro atoms. The van der Waals surface area contributed by atoms with E-state index in [1.807, 2.05) is 6.07 Å². The number of ether oxygens (including phenoxy) is 1. The summed E-state index contributed by atoms with van der Waals surface area (Å²) in [6.07, 6.45) is -3.67. The number of benzene rings is 1. The van der Waals surface area contributed by atoms with E-state index in [1.54, 1.807) is 24.3 Å². The average molecular weight is 351 g/mol. The SMILES string of the molecule is O=S(=O)(CCCOc1ccccc1)N1CCCCC1C(F)(F)F. The van der Waals surface area contributed by atoms with Crippen LogP contribution in [0, 0.1) is 0 Å². The van der Waals surface area contributed by atoms with Gasteiger partial charge in [-0.1, -0.05) is 24.6 Å². The summed E-state index contributed by atoms with van der Waals surface area (Å²) in [6.45, 7) is 0.0832. The summed E-state index contributed by atoms with van der Waals surface area (Å²) < 4.78 is 69.5. The van der Waals surface area contributed by atoms with Crippen molar-refractivity contribution in [2.75, 3.05) is 18.9 Å². The molecule has 1 aliphatic rings. The first-order chi connectivity index (χ1) is 10.8. The van der Waals surface area contributed by atoms with Crippen LogP contribution >= 0.6 is 0 Å². The van der Waals surface area contributed by atoms with E-state index >= 15 is 0 Å². The van der Waals surface area contributed by atoms with Gasteiger partial charge in [-0.25, -0.2) is 8.42 Å². The van der Waals surface area contributed by atoms with Gasteiger partial charge in [0.2, 0.25) is 10.0 Å². The maximum atomic E-state index is 13.0. The smallest absolute Gasteiger partial charge is 0.405 e. The van der Waals surface area contributed by atoms with Gasteiger partial charge in [0.15, 0.2) is 0 Å². The third-order valence-corrected chi connectivity index (χ3v) is 5.70. The molecule has 8 heteroatoms. The Kier molecular flexibility index (Phi) is 5.91. The predicted octanol–water partition coefficient (Wildman–Crippen LogP) is 3.20.